The molecule has 148 valence electrons. The number of amides is 3. The van der Waals surface area contributed by atoms with Gasteiger partial charge >= 0.3 is 6.03 Å². The highest BCUT2D eigenvalue weighted by Gasteiger charge is 2.24. The van der Waals surface area contributed by atoms with Crippen molar-refractivity contribution in [3.8, 4) is 0 Å². The van der Waals surface area contributed by atoms with Crippen LogP contribution in [-0.4, -0.2) is 61.0 Å². The highest BCUT2D eigenvalue weighted by Crippen LogP contribution is 2.18. The summed E-state index contributed by atoms with van der Waals surface area (Å²) in [6.07, 6.45) is 4.84. The van der Waals surface area contributed by atoms with Crippen LogP contribution in [0.4, 0.5) is 4.79 Å². The maximum absolute atomic E-state index is 12.3. The van der Waals surface area contributed by atoms with Gasteiger partial charge in [0.05, 0.1) is 0 Å². The Kier molecular flexibility index (Phi) is 7.10. The number of carbonyl (C=O) groups is 2. The number of likely N-dealkylation sites (N-methyl/N-ethyl adjacent to an activating group) is 1. The van der Waals surface area contributed by atoms with Gasteiger partial charge in [-0.15, -0.1) is 0 Å². The number of nitrogens with one attached hydrogen (secondary N) is 2. The summed E-state index contributed by atoms with van der Waals surface area (Å²) in [5, 5.41) is 6.08. The Morgan fingerprint density at radius 2 is 1.96 bits per heavy atom. The van der Waals surface area contributed by atoms with E-state index in [1.807, 2.05) is 0 Å². The zero-order valence-corrected chi connectivity index (χ0v) is 16.3. The molecule has 2 heterocycles. The Bertz CT molecular complexity index is 622. The molecule has 2 N–H and O–H groups in total. The Hall–Kier alpha value is -2.08. The number of hydrogen-bond acceptors (Lipinski definition) is 3. The Morgan fingerprint density at radius 1 is 1.15 bits per heavy atom. The maximum Gasteiger partial charge on any atom is 0.315 e. The summed E-state index contributed by atoms with van der Waals surface area (Å²) < 4.78 is 0. The third-order valence-electron chi connectivity index (χ3n) is 5.62. The Labute approximate surface area is 162 Å². The van der Waals surface area contributed by atoms with Crippen LogP contribution >= 0.6 is 0 Å². The number of benzene rings is 1. The molecular formula is C21H32N4O2. The number of piperidine rings is 1. The van der Waals surface area contributed by atoms with E-state index in [9.17, 15) is 9.59 Å². The van der Waals surface area contributed by atoms with Gasteiger partial charge in [0.25, 0.3) is 0 Å². The standard InChI is InChI=1S/C21H32N4O2/c1-24-16-19(10-11-20(24)26)23-21(27)22-13-18-9-5-6-12-25(15-18)14-17-7-3-2-4-8-17/h2-4,7-8,18-19H,5-6,9-16H2,1H3,(H2,22,23,27). The topological polar surface area (TPSA) is 64.7 Å². The van der Waals surface area contributed by atoms with E-state index in [1.165, 1.54) is 18.4 Å². The summed E-state index contributed by atoms with van der Waals surface area (Å²) in [4.78, 5) is 28.0. The highest BCUT2D eigenvalue weighted by molar-refractivity contribution is 5.78. The first-order valence-electron chi connectivity index (χ1n) is 10.1. The summed E-state index contributed by atoms with van der Waals surface area (Å²) in [5.41, 5.74) is 1.35. The van der Waals surface area contributed by atoms with E-state index >= 15 is 0 Å². The average molecular weight is 373 g/mol. The lowest BCUT2D eigenvalue weighted by molar-refractivity contribution is -0.132. The zero-order valence-electron chi connectivity index (χ0n) is 16.3. The van der Waals surface area contributed by atoms with Gasteiger partial charge in [-0.2, -0.15) is 0 Å². The zero-order chi connectivity index (χ0) is 19.1. The molecule has 0 saturated carbocycles. The minimum atomic E-state index is -0.110. The maximum atomic E-state index is 12.3. The van der Waals surface area contributed by atoms with E-state index in [1.54, 1.807) is 11.9 Å². The number of likely N-dealkylation sites (tertiary alicyclic amines) is 2. The summed E-state index contributed by atoms with van der Waals surface area (Å²) >= 11 is 0. The molecule has 27 heavy (non-hydrogen) atoms. The van der Waals surface area contributed by atoms with E-state index in [2.05, 4.69) is 45.9 Å². The van der Waals surface area contributed by atoms with Crippen molar-refractivity contribution in [2.75, 3.05) is 33.2 Å². The molecule has 0 spiro atoms. The molecule has 2 aliphatic rings. The van der Waals surface area contributed by atoms with Crippen LogP contribution in [0, 0.1) is 5.92 Å². The predicted molar refractivity (Wildman–Crippen MR) is 106 cm³/mol. The van der Waals surface area contributed by atoms with Crippen molar-refractivity contribution in [3.05, 3.63) is 35.9 Å². The van der Waals surface area contributed by atoms with Crippen LogP contribution < -0.4 is 10.6 Å². The first kappa shape index (κ1) is 19.7. The molecular weight excluding hydrogens is 340 g/mol. The molecule has 6 heteroatoms. The van der Waals surface area contributed by atoms with E-state index in [-0.39, 0.29) is 18.0 Å². The molecule has 2 fully saturated rings. The van der Waals surface area contributed by atoms with Crippen molar-refractivity contribution in [1.29, 1.82) is 0 Å². The number of hydrogen-bond donors (Lipinski definition) is 2. The van der Waals surface area contributed by atoms with Crippen molar-refractivity contribution < 1.29 is 9.59 Å². The lowest BCUT2D eigenvalue weighted by atomic mass is 10.0. The van der Waals surface area contributed by atoms with Crippen molar-refractivity contribution in [2.24, 2.45) is 5.92 Å². The fourth-order valence-electron chi connectivity index (χ4n) is 4.07. The normalized spacial score (nSPS) is 24.3. The van der Waals surface area contributed by atoms with Crippen LogP contribution in [0.25, 0.3) is 0 Å². The molecule has 0 radical (unpaired) electrons. The van der Waals surface area contributed by atoms with Gasteiger partial charge in [0.1, 0.15) is 0 Å². The van der Waals surface area contributed by atoms with Crippen LogP contribution in [-0.2, 0) is 11.3 Å². The highest BCUT2D eigenvalue weighted by atomic mass is 16.2. The van der Waals surface area contributed by atoms with Crippen molar-refractivity contribution in [3.63, 3.8) is 0 Å². The van der Waals surface area contributed by atoms with Gasteiger partial charge in [-0.1, -0.05) is 36.8 Å². The first-order chi connectivity index (χ1) is 13.1. The molecule has 2 atom stereocenters. The second-order valence-electron chi connectivity index (χ2n) is 7.95. The smallest absolute Gasteiger partial charge is 0.315 e. The second kappa shape index (κ2) is 9.74. The molecule has 3 rings (SSSR count). The quantitative estimate of drug-likeness (QED) is 0.833. The van der Waals surface area contributed by atoms with Gasteiger partial charge in [0.2, 0.25) is 5.91 Å². The van der Waals surface area contributed by atoms with Crippen LogP contribution in [0.3, 0.4) is 0 Å². The van der Waals surface area contributed by atoms with Gasteiger partial charge in [0, 0.05) is 45.7 Å². The summed E-state index contributed by atoms with van der Waals surface area (Å²) in [7, 11) is 1.79. The van der Waals surface area contributed by atoms with Crippen molar-refractivity contribution in [1.82, 2.24) is 20.4 Å². The monoisotopic (exact) mass is 372 g/mol. The third kappa shape index (κ3) is 6.24. The summed E-state index contributed by atoms with van der Waals surface area (Å²) in [5.74, 6) is 0.642. The molecule has 2 saturated heterocycles. The number of rotatable bonds is 5. The van der Waals surface area contributed by atoms with Crippen molar-refractivity contribution in [2.45, 2.75) is 44.7 Å². The lowest BCUT2D eigenvalue weighted by Crippen LogP contribution is -2.51. The largest absolute Gasteiger partial charge is 0.344 e. The summed E-state index contributed by atoms with van der Waals surface area (Å²) in [6.45, 7) is 4.43. The molecule has 2 unspecified atom stereocenters. The molecule has 1 aromatic rings. The van der Waals surface area contributed by atoms with E-state index in [0.29, 0.717) is 25.4 Å². The molecule has 0 aromatic heterocycles. The molecule has 1 aromatic carbocycles. The molecule has 6 nitrogen and oxygen atoms in total. The van der Waals surface area contributed by atoms with Crippen LogP contribution in [0.2, 0.25) is 0 Å². The Morgan fingerprint density at radius 3 is 2.74 bits per heavy atom. The van der Waals surface area contributed by atoms with Crippen LogP contribution in [0.1, 0.15) is 37.7 Å². The van der Waals surface area contributed by atoms with Gasteiger partial charge in [0.15, 0.2) is 0 Å². The van der Waals surface area contributed by atoms with Gasteiger partial charge < -0.3 is 15.5 Å². The van der Waals surface area contributed by atoms with Gasteiger partial charge in [-0.25, -0.2) is 4.79 Å². The van der Waals surface area contributed by atoms with Crippen LogP contribution in [0.5, 0.6) is 0 Å². The number of nitrogens with zero attached hydrogens (tertiary/aromatic N) is 2. The molecule has 2 aliphatic heterocycles. The van der Waals surface area contributed by atoms with E-state index in [4.69, 9.17) is 0 Å². The molecule has 0 bridgehead atoms. The van der Waals surface area contributed by atoms with Crippen molar-refractivity contribution >= 4 is 11.9 Å². The lowest BCUT2D eigenvalue weighted by Gasteiger charge is -2.30. The molecule has 3 amide bonds. The van der Waals surface area contributed by atoms with Crippen LogP contribution in [0.15, 0.2) is 30.3 Å². The minimum Gasteiger partial charge on any atom is -0.344 e. The van der Waals surface area contributed by atoms with Gasteiger partial charge in [-0.3, -0.25) is 9.69 Å². The van der Waals surface area contributed by atoms with E-state index in [0.717, 1.165) is 32.5 Å². The first-order valence-corrected chi connectivity index (χ1v) is 10.1. The summed E-state index contributed by atoms with van der Waals surface area (Å²) in [6, 6.07) is 10.5. The minimum absolute atomic E-state index is 0.0522. The average Bonchev–Trinajstić information content (AvgIpc) is 2.89. The molecule has 0 aliphatic carbocycles. The second-order valence-corrected chi connectivity index (χ2v) is 7.95. The van der Waals surface area contributed by atoms with Gasteiger partial charge in [-0.05, 0) is 37.3 Å². The number of carbonyl (C=O) groups excluding carboxylic acids is 2. The predicted octanol–water partition coefficient (Wildman–Crippen LogP) is 2.21. The third-order valence-corrected chi connectivity index (χ3v) is 5.62. The fourth-order valence-corrected chi connectivity index (χ4v) is 4.07. The Balaban J connectivity index is 1.42. The van der Waals surface area contributed by atoms with E-state index < -0.39 is 0 Å². The number of urea groups is 1. The SMILES string of the molecule is CN1CC(NC(=O)NCC2CCCCN(Cc3ccccc3)C2)CCC1=O. The fraction of sp³-hybridized carbons (Fsp3) is 0.619.